The summed E-state index contributed by atoms with van der Waals surface area (Å²) in [6, 6.07) is 20.8. The predicted molar refractivity (Wildman–Crippen MR) is 186 cm³/mol. The van der Waals surface area contributed by atoms with Gasteiger partial charge in [0.25, 0.3) is 5.91 Å². The first-order chi connectivity index (χ1) is 23.8. The van der Waals surface area contributed by atoms with Crippen LogP contribution >= 0.6 is 11.6 Å². The third kappa shape index (κ3) is 7.15. The van der Waals surface area contributed by atoms with E-state index >= 15 is 0 Å². The number of nitrogens with zero attached hydrogens (tertiary/aromatic N) is 4. The first-order valence-electron chi connectivity index (χ1n) is 16.6. The molecule has 10 nitrogen and oxygen atoms in total. The van der Waals surface area contributed by atoms with Crippen LogP contribution in [-0.4, -0.2) is 62.7 Å². The van der Waals surface area contributed by atoms with Gasteiger partial charge in [-0.1, -0.05) is 48.0 Å². The second-order valence-corrected chi connectivity index (χ2v) is 13.1. The molecule has 2 saturated heterocycles. The average Bonchev–Trinajstić information content (AvgIpc) is 3.81. The van der Waals surface area contributed by atoms with Crippen LogP contribution in [0.4, 0.5) is 0 Å². The number of hydrogen-bond donors (Lipinski definition) is 1. The molecule has 5 aromatic rings. The highest BCUT2D eigenvalue weighted by Gasteiger charge is 2.32. The van der Waals surface area contributed by atoms with Gasteiger partial charge in [-0.2, -0.15) is 0 Å². The zero-order valence-corrected chi connectivity index (χ0v) is 27.6. The summed E-state index contributed by atoms with van der Waals surface area (Å²) >= 11 is 6.12. The van der Waals surface area contributed by atoms with Crippen LogP contribution in [0.1, 0.15) is 58.8 Å². The summed E-state index contributed by atoms with van der Waals surface area (Å²) in [7, 11) is 0. The lowest BCUT2D eigenvalue weighted by molar-refractivity contribution is -0.134. The Bertz CT molecular complexity index is 2050. The van der Waals surface area contributed by atoms with Gasteiger partial charge in [-0.3, -0.25) is 19.2 Å². The van der Waals surface area contributed by atoms with Gasteiger partial charge in [0, 0.05) is 68.2 Å². The number of carbonyl (C=O) groups is 3. The van der Waals surface area contributed by atoms with Crippen molar-refractivity contribution in [1.82, 2.24) is 24.7 Å². The maximum atomic E-state index is 14.1. The van der Waals surface area contributed by atoms with Gasteiger partial charge in [0.15, 0.2) is 11.2 Å². The molecule has 0 radical (unpaired) electrons. The van der Waals surface area contributed by atoms with E-state index in [1.165, 1.54) is 5.56 Å². The highest BCUT2D eigenvalue weighted by Crippen LogP contribution is 2.32. The molecule has 2 aromatic heterocycles. The van der Waals surface area contributed by atoms with Gasteiger partial charge in [-0.25, -0.2) is 4.98 Å². The lowest BCUT2D eigenvalue weighted by Gasteiger charge is -2.35. The standard InChI is InChI=1S/C38H36ClN5O5/c39-28-9-7-25(8-10-28)20-32(41-37(47)35-22-33(45)31-21-29(11-12-34(31)49-35)44-19-15-40-24-44)38(48)42-17-13-26(14-18-42)30-5-2-1-4-27(30)23-43-16-3-6-36(43)46/h1-2,4-5,7-12,15,19,21-22,24,26,32H,3,6,13-14,16-18,20,23H2,(H,41,47)/t32-/m1/s1. The fourth-order valence-corrected chi connectivity index (χ4v) is 7.02. The first-order valence-corrected chi connectivity index (χ1v) is 17.0. The molecule has 0 unspecified atom stereocenters. The summed E-state index contributed by atoms with van der Waals surface area (Å²) in [5.74, 6) is -0.570. The maximum absolute atomic E-state index is 14.1. The smallest absolute Gasteiger partial charge is 0.287 e. The van der Waals surface area contributed by atoms with Crippen LogP contribution in [0, 0.1) is 0 Å². The minimum absolute atomic E-state index is 0.173. The second-order valence-electron chi connectivity index (χ2n) is 12.7. The number of likely N-dealkylation sites (tertiary alicyclic amines) is 2. The molecule has 49 heavy (non-hydrogen) atoms. The van der Waals surface area contributed by atoms with E-state index in [2.05, 4.69) is 22.4 Å². The number of imidazole rings is 1. The van der Waals surface area contributed by atoms with Crippen LogP contribution in [0.15, 0.2) is 101 Å². The summed E-state index contributed by atoms with van der Waals surface area (Å²) < 4.78 is 7.66. The average molecular weight is 678 g/mol. The Hall–Kier alpha value is -5.22. The quantitative estimate of drug-likeness (QED) is 0.220. The highest BCUT2D eigenvalue weighted by atomic mass is 35.5. The van der Waals surface area contributed by atoms with Gasteiger partial charge < -0.3 is 24.1 Å². The summed E-state index contributed by atoms with van der Waals surface area (Å²) in [5, 5.41) is 3.77. The van der Waals surface area contributed by atoms with Crippen molar-refractivity contribution < 1.29 is 18.8 Å². The maximum Gasteiger partial charge on any atom is 0.287 e. The lowest BCUT2D eigenvalue weighted by atomic mass is 9.86. The van der Waals surface area contributed by atoms with Gasteiger partial charge in [-0.15, -0.1) is 0 Å². The van der Waals surface area contributed by atoms with Gasteiger partial charge >= 0.3 is 0 Å². The number of amides is 3. The first kappa shape index (κ1) is 32.3. The molecule has 2 aliphatic heterocycles. The Kier molecular flexibility index (Phi) is 9.30. The Balaban J connectivity index is 1.08. The number of halogens is 1. The Morgan fingerprint density at radius 3 is 2.51 bits per heavy atom. The van der Waals surface area contributed by atoms with Crippen LogP contribution in [-0.2, 0) is 22.6 Å². The molecule has 7 rings (SSSR count). The second kappa shape index (κ2) is 14.1. The SMILES string of the molecule is O=C(N[C@H](Cc1ccc(Cl)cc1)C(=O)N1CCC(c2ccccc2CN2CCCC2=O)CC1)c1cc(=O)c2cc(-n3ccnc3)ccc2o1. The molecule has 1 N–H and O–H groups in total. The number of rotatable bonds is 9. The fourth-order valence-electron chi connectivity index (χ4n) is 6.90. The normalized spacial score (nSPS) is 15.9. The lowest BCUT2D eigenvalue weighted by Crippen LogP contribution is -2.51. The molecule has 250 valence electrons. The van der Waals surface area contributed by atoms with Crippen LogP contribution < -0.4 is 10.7 Å². The van der Waals surface area contributed by atoms with Crippen molar-refractivity contribution in [2.75, 3.05) is 19.6 Å². The molecule has 3 amide bonds. The van der Waals surface area contributed by atoms with Crippen LogP contribution in [0.2, 0.25) is 5.02 Å². The van der Waals surface area contributed by atoms with Gasteiger partial charge in [-0.05, 0) is 72.2 Å². The van der Waals surface area contributed by atoms with Crippen molar-refractivity contribution in [3.8, 4) is 5.69 Å². The largest absolute Gasteiger partial charge is 0.451 e. The van der Waals surface area contributed by atoms with E-state index in [1.54, 1.807) is 58.5 Å². The third-order valence-electron chi connectivity index (χ3n) is 9.53. The predicted octanol–water partition coefficient (Wildman–Crippen LogP) is 5.50. The van der Waals surface area contributed by atoms with E-state index in [0.29, 0.717) is 36.5 Å². The molecular weight excluding hydrogens is 642 g/mol. The number of piperidine rings is 1. The Morgan fingerprint density at radius 2 is 1.78 bits per heavy atom. The zero-order valence-electron chi connectivity index (χ0n) is 26.9. The summed E-state index contributed by atoms with van der Waals surface area (Å²) in [4.78, 5) is 60.9. The van der Waals surface area contributed by atoms with Crippen LogP contribution in [0.3, 0.4) is 0 Å². The molecule has 3 aromatic carbocycles. The van der Waals surface area contributed by atoms with Crippen molar-refractivity contribution in [2.45, 2.75) is 50.6 Å². The molecule has 0 spiro atoms. The van der Waals surface area contributed by atoms with Gasteiger partial charge in [0.05, 0.1) is 11.7 Å². The molecule has 1 atom stereocenters. The van der Waals surface area contributed by atoms with Crippen molar-refractivity contribution in [2.24, 2.45) is 0 Å². The van der Waals surface area contributed by atoms with Crippen molar-refractivity contribution in [1.29, 1.82) is 0 Å². The molecule has 2 aliphatic rings. The van der Waals surface area contributed by atoms with Gasteiger partial charge in [0.2, 0.25) is 11.8 Å². The minimum atomic E-state index is -0.900. The van der Waals surface area contributed by atoms with E-state index < -0.39 is 11.9 Å². The van der Waals surface area contributed by atoms with E-state index in [4.69, 9.17) is 16.0 Å². The molecule has 0 aliphatic carbocycles. The van der Waals surface area contributed by atoms with E-state index in [0.717, 1.165) is 48.7 Å². The summed E-state index contributed by atoms with van der Waals surface area (Å²) in [6.07, 6.45) is 8.31. The minimum Gasteiger partial charge on any atom is -0.451 e. The van der Waals surface area contributed by atoms with E-state index in [-0.39, 0.29) is 40.9 Å². The van der Waals surface area contributed by atoms with Crippen LogP contribution in [0.5, 0.6) is 0 Å². The monoisotopic (exact) mass is 677 g/mol. The van der Waals surface area contributed by atoms with Crippen molar-refractivity contribution in [3.63, 3.8) is 0 Å². The molecule has 0 bridgehead atoms. The fraction of sp³-hybridized carbons (Fsp3) is 0.289. The van der Waals surface area contributed by atoms with E-state index in [9.17, 15) is 19.2 Å². The number of aromatic nitrogens is 2. The number of fused-ring (bicyclic) bond motifs is 1. The van der Waals surface area contributed by atoms with Crippen LogP contribution in [0.25, 0.3) is 16.7 Å². The number of hydrogen-bond acceptors (Lipinski definition) is 6. The molecule has 0 saturated carbocycles. The Morgan fingerprint density at radius 1 is 0.980 bits per heavy atom. The molecular formula is C38H36ClN5O5. The zero-order chi connectivity index (χ0) is 33.9. The topological polar surface area (TPSA) is 118 Å². The third-order valence-corrected chi connectivity index (χ3v) is 9.78. The van der Waals surface area contributed by atoms with Crippen molar-refractivity contribution >= 4 is 40.3 Å². The highest BCUT2D eigenvalue weighted by molar-refractivity contribution is 6.30. The molecule has 4 heterocycles. The van der Waals surface area contributed by atoms with Crippen molar-refractivity contribution in [3.05, 3.63) is 129 Å². The van der Waals surface area contributed by atoms with E-state index in [1.807, 2.05) is 29.2 Å². The number of carbonyl (C=O) groups excluding carboxylic acids is 3. The summed E-state index contributed by atoms with van der Waals surface area (Å²) in [5.41, 5.74) is 3.84. The number of nitrogens with one attached hydrogen (secondary N) is 1. The molecule has 11 heteroatoms. The van der Waals surface area contributed by atoms with Gasteiger partial charge in [0.1, 0.15) is 11.6 Å². The Labute approximate surface area is 288 Å². The number of benzene rings is 3. The molecule has 2 fully saturated rings. The summed E-state index contributed by atoms with van der Waals surface area (Å²) in [6.45, 7) is 2.45.